The minimum Gasteiger partial charge on any atom is -0.491 e. The average Bonchev–Trinajstić information content (AvgIpc) is 3.23. The molecule has 3 aromatic heterocycles. The van der Waals surface area contributed by atoms with Gasteiger partial charge < -0.3 is 10.1 Å². The first-order chi connectivity index (χ1) is 16.0. The minimum absolute atomic E-state index is 0.0737. The summed E-state index contributed by atoms with van der Waals surface area (Å²) in [7, 11) is 0. The van der Waals surface area contributed by atoms with Gasteiger partial charge in [-0.1, -0.05) is 18.2 Å². The number of fused-ring (bicyclic) bond motifs is 2. The predicted molar refractivity (Wildman–Crippen MR) is 126 cm³/mol. The standard InChI is InChI=1S/C25H27N5O3/c1-15(2)33-18-11-12-30-21(14-26-22(30)13-18)25(32)27-17-9-7-16(8-10-17)23-19-5-3-4-6-20(19)24(31)29-28-23/h3-6,11-17H,7-10H2,1-2H3,(H,27,32)(H,29,31). The zero-order valence-electron chi connectivity index (χ0n) is 18.7. The van der Waals surface area contributed by atoms with Crippen molar-refractivity contribution >= 4 is 22.3 Å². The second-order valence-electron chi connectivity index (χ2n) is 8.91. The van der Waals surface area contributed by atoms with Crippen molar-refractivity contribution in [3.8, 4) is 5.75 Å². The molecule has 0 saturated heterocycles. The quantitative estimate of drug-likeness (QED) is 0.486. The number of amides is 1. The molecule has 1 aliphatic rings. The summed E-state index contributed by atoms with van der Waals surface area (Å²) in [6, 6.07) is 11.4. The van der Waals surface area contributed by atoms with Crippen LogP contribution in [0.5, 0.6) is 5.75 Å². The van der Waals surface area contributed by atoms with E-state index in [1.807, 2.05) is 56.4 Å². The smallest absolute Gasteiger partial charge is 0.272 e. The van der Waals surface area contributed by atoms with Gasteiger partial charge in [0.2, 0.25) is 0 Å². The maximum absolute atomic E-state index is 13.0. The highest BCUT2D eigenvalue weighted by atomic mass is 16.5. The molecule has 0 unspecified atom stereocenters. The van der Waals surface area contributed by atoms with E-state index in [9.17, 15) is 9.59 Å². The molecular formula is C25H27N5O3. The summed E-state index contributed by atoms with van der Waals surface area (Å²) >= 11 is 0. The van der Waals surface area contributed by atoms with Crippen molar-refractivity contribution in [2.45, 2.75) is 57.6 Å². The Kier molecular flexibility index (Phi) is 5.58. The molecule has 8 heteroatoms. The van der Waals surface area contributed by atoms with E-state index in [2.05, 4.69) is 20.5 Å². The second kappa shape index (κ2) is 8.69. The molecule has 0 atom stereocenters. The van der Waals surface area contributed by atoms with Crippen LogP contribution in [0.3, 0.4) is 0 Å². The van der Waals surface area contributed by atoms with E-state index in [0.29, 0.717) is 16.7 Å². The SMILES string of the molecule is CC(C)Oc1ccn2c(C(=O)NC3CCC(c4n[nH]c(=O)c5ccccc45)CC3)cnc2c1. The van der Waals surface area contributed by atoms with E-state index in [-0.39, 0.29) is 29.5 Å². The molecule has 170 valence electrons. The lowest BCUT2D eigenvalue weighted by molar-refractivity contribution is 0.0919. The first-order valence-corrected chi connectivity index (χ1v) is 11.4. The molecule has 4 aromatic rings. The Morgan fingerprint density at radius 1 is 1.15 bits per heavy atom. The van der Waals surface area contributed by atoms with E-state index >= 15 is 0 Å². The van der Waals surface area contributed by atoms with E-state index in [4.69, 9.17) is 4.74 Å². The van der Waals surface area contributed by atoms with Crippen molar-refractivity contribution in [1.29, 1.82) is 0 Å². The fourth-order valence-corrected chi connectivity index (χ4v) is 4.69. The van der Waals surface area contributed by atoms with Gasteiger partial charge in [-0.3, -0.25) is 14.0 Å². The zero-order valence-corrected chi connectivity index (χ0v) is 18.7. The molecular weight excluding hydrogens is 418 g/mol. The number of rotatable bonds is 5. The van der Waals surface area contributed by atoms with E-state index in [1.165, 1.54) is 0 Å². The lowest BCUT2D eigenvalue weighted by Crippen LogP contribution is -2.38. The molecule has 0 bridgehead atoms. The zero-order chi connectivity index (χ0) is 22.9. The van der Waals surface area contributed by atoms with Crippen molar-refractivity contribution < 1.29 is 9.53 Å². The molecule has 0 spiro atoms. The van der Waals surface area contributed by atoms with Crippen LogP contribution in [0.15, 0.2) is 53.6 Å². The van der Waals surface area contributed by atoms with Crippen molar-refractivity contribution in [2.24, 2.45) is 0 Å². The number of ether oxygens (including phenoxy) is 1. The molecule has 5 rings (SSSR count). The summed E-state index contributed by atoms with van der Waals surface area (Å²) < 4.78 is 7.50. The van der Waals surface area contributed by atoms with Gasteiger partial charge in [0.15, 0.2) is 0 Å². The fraction of sp³-hybridized carbons (Fsp3) is 0.360. The van der Waals surface area contributed by atoms with Gasteiger partial charge in [-0.2, -0.15) is 5.10 Å². The number of hydrogen-bond acceptors (Lipinski definition) is 5. The van der Waals surface area contributed by atoms with Crippen molar-refractivity contribution in [2.75, 3.05) is 0 Å². The highest BCUT2D eigenvalue weighted by molar-refractivity contribution is 5.93. The van der Waals surface area contributed by atoms with Gasteiger partial charge in [-0.05, 0) is 51.7 Å². The van der Waals surface area contributed by atoms with Crippen molar-refractivity contribution in [3.05, 3.63) is 70.5 Å². The summed E-state index contributed by atoms with van der Waals surface area (Å²) in [5, 5.41) is 11.8. The second-order valence-corrected chi connectivity index (χ2v) is 8.91. The maximum Gasteiger partial charge on any atom is 0.272 e. The van der Waals surface area contributed by atoms with Gasteiger partial charge in [-0.15, -0.1) is 0 Å². The Labute approximate surface area is 191 Å². The van der Waals surface area contributed by atoms with Crippen molar-refractivity contribution in [3.63, 3.8) is 0 Å². The molecule has 33 heavy (non-hydrogen) atoms. The van der Waals surface area contributed by atoms with Crippen molar-refractivity contribution in [1.82, 2.24) is 24.9 Å². The largest absolute Gasteiger partial charge is 0.491 e. The summed E-state index contributed by atoms with van der Waals surface area (Å²) in [6.07, 6.45) is 7.01. The lowest BCUT2D eigenvalue weighted by Gasteiger charge is -2.29. The van der Waals surface area contributed by atoms with Gasteiger partial charge in [-0.25, -0.2) is 10.1 Å². The Bertz CT molecular complexity index is 1370. The minimum atomic E-state index is -0.161. The van der Waals surface area contributed by atoms with Crippen LogP contribution >= 0.6 is 0 Å². The van der Waals surface area contributed by atoms with Crippen LogP contribution in [0.2, 0.25) is 0 Å². The number of nitrogens with zero attached hydrogens (tertiary/aromatic N) is 3. The molecule has 0 radical (unpaired) electrons. The number of aromatic amines is 1. The summed E-state index contributed by atoms with van der Waals surface area (Å²) in [5.41, 5.74) is 1.97. The van der Waals surface area contributed by atoms with Crippen LogP contribution in [0, 0.1) is 0 Å². The van der Waals surface area contributed by atoms with E-state index < -0.39 is 0 Å². The van der Waals surface area contributed by atoms with Gasteiger partial charge in [0.25, 0.3) is 11.5 Å². The molecule has 1 aliphatic carbocycles. The average molecular weight is 446 g/mol. The summed E-state index contributed by atoms with van der Waals surface area (Å²) in [5.74, 6) is 0.864. The molecule has 1 fully saturated rings. The van der Waals surface area contributed by atoms with Gasteiger partial charge in [0.05, 0.1) is 23.4 Å². The number of aromatic nitrogens is 4. The highest BCUT2D eigenvalue weighted by Crippen LogP contribution is 2.34. The lowest BCUT2D eigenvalue weighted by atomic mass is 9.82. The van der Waals surface area contributed by atoms with Crippen LogP contribution in [0.1, 0.15) is 61.6 Å². The number of imidazole rings is 1. The summed E-state index contributed by atoms with van der Waals surface area (Å²) in [6.45, 7) is 3.94. The third kappa shape index (κ3) is 4.20. The third-order valence-electron chi connectivity index (χ3n) is 6.26. The summed E-state index contributed by atoms with van der Waals surface area (Å²) in [4.78, 5) is 29.4. The number of carbonyl (C=O) groups excluding carboxylic acids is 1. The molecule has 0 aliphatic heterocycles. The number of pyridine rings is 1. The molecule has 1 amide bonds. The molecule has 1 aromatic carbocycles. The van der Waals surface area contributed by atoms with Crippen LogP contribution in [0.4, 0.5) is 0 Å². The fourth-order valence-electron chi connectivity index (χ4n) is 4.69. The third-order valence-corrected chi connectivity index (χ3v) is 6.26. The maximum atomic E-state index is 13.0. The Hall–Kier alpha value is -3.68. The number of nitrogens with one attached hydrogen (secondary N) is 2. The Morgan fingerprint density at radius 2 is 1.91 bits per heavy atom. The van der Waals surface area contributed by atoms with Crippen LogP contribution < -0.4 is 15.6 Å². The monoisotopic (exact) mass is 445 g/mol. The molecule has 1 saturated carbocycles. The van der Waals surface area contributed by atoms with Crippen LogP contribution in [0.25, 0.3) is 16.4 Å². The van der Waals surface area contributed by atoms with Gasteiger partial charge in [0.1, 0.15) is 17.1 Å². The number of benzene rings is 1. The number of H-pyrrole nitrogens is 1. The topological polar surface area (TPSA) is 101 Å². The normalized spacial score (nSPS) is 18.6. The predicted octanol–water partition coefficient (Wildman–Crippen LogP) is 3.81. The van der Waals surface area contributed by atoms with Crippen LogP contribution in [-0.2, 0) is 0 Å². The van der Waals surface area contributed by atoms with Crippen LogP contribution in [-0.4, -0.2) is 37.6 Å². The molecule has 2 N–H and O–H groups in total. The van der Waals surface area contributed by atoms with Gasteiger partial charge in [0, 0.05) is 29.6 Å². The molecule has 3 heterocycles. The first kappa shape index (κ1) is 21.2. The number of carbonyl (C=O) groups is 1. The highest BCUT2D eigenvalue weighted by Gasteiger charge is 2.27. The number of hydrogen-bond donors (Lipinski definition) is 2. The Morgan fingerprint density at radius 3 is 2.67 bits per heavy atom. The first-order valence-electron chi connectivity index (χ1n) is 11.4. The molecule has 8 nitrogen and oxygen atoms in total. The van der Waals surface area contributed by atoms with Gasteiger partial charge >= 0.3 is 0 Å². The Balaban J connectivity index is 1.26. The van der Waals surface area contributed by atoms with E-state index in [0.717, 1.165) is 42.5 Å². The van der Waals surface area contributed by atoms with E-state index in [1.54, 1.807) is 10.6 Å².